The number of para-hydroxylation sites is 1. The predicted octanol–water partition coefficient (Wildman–Crippen LogP) is 4.72. The van der Waals surface area contributed by atoms with Crippen LogP contribution in [0.25, 0.3) is 11.0 Å². The minimum absolute atomic E-state index is 0.0165. The molecule has 4 aromatic rings. The van der Waals surface area contributed by atoms with Crippen LogP contribution in [0.4, 0.5) is 5.69 Å². The van der Waals surface area contributed by atoms with Gasteiger partial charge in [0.1, 0.15) is 5.82 Å². The van der Waals surface area contributed by atoms with Gasteiger partial charge in [0, 0.05) is 19.0 Å². The molecule has 1 aromatic heterocycles. The summed E-state index contributed by atoms with van der Waals surface area (Å²) in [5, 5.41) is 11.8. The van der Waals surface area contributed by atoms with Crippen LogP contribution in [0.5, 0.6) is 0 Å². The number of aromatic nitrogens is 2. The normalized spacial score (nSPS) is 13.4. The largest absolute Gasteiger partial charge is 0.289 e. The number of carbonyl (C=O) groups excluding carboxylic acids is 2. The van der Waals surface area contributed by atoms with Crippen molar-refractivity contribution < 1.29 is 22.9 Å². The van der Waals surface area contributed by atoms with Crippen molar-refractivity contribution >= 4 is 61.8 Å². The number of imidazole rings is 1. The molecule has 0 saturated heterocycles. The molecule has 5 rings (SSSR count). The zero-order valence-electron chi connectivity index (χ0n) is 18.8. The van der Waals surface area contributed by atoms with Crippen molar-refractivity contribution in [3.63, 3.8) is 0 Å². The number of amides is 2. The summed E-state index contributed by atoms with van der Waals surface area (Å²) < 4.78 is 28.4. The van der Waals surface area contributed by atoms with Crippen LogP contribution < -0.4 is 0 Å². The van der Waals surface area contributed by atoms with Crippen LogP contribution in [-0.4, -0.2) is 45.6 Å². The van der Waals surface area contributed by atoms with E-state index < -0.39 is 37.3 Å². The lowest BCUT2D eigenvalue weighted by molar-refractivity contribution is -0.387. The quantitative estimate of drug-likeness (QED) is 0.182. The molecule has 13 heteroatoms. The van der Waals surface area contributed by atoms with Crippen LogP contribution in [0.2, 0.25) is 10.0 Å². The second kappa shape index (κ2) is 9.25. The third-order valence-corrected chi connectivity index (χ3v) is 8.47. The molecule has 10 nitrogen and oxygen atoms in total. The Bertz CT molecular complexity index is 1700. The summed E-state index contributed by atoms with van der Waals surface area (Å²) >= 11 is 12.3. The first-order valence-corrected chi connectivity index (χ1v) is 13.1. The molecule has 37 heavy (non-hydrogen) atoms. The molecule has 3 aromatic carbocycles. The molecule has 1 aliphatic rings. The first kappa shape index (κ1) is 24.9. The van der Waals surface area contributed by atoms with E-state index in [0.29, 0.717) is 11.1 Å². The average molecular weight is 559 g/mol. The average Bonchev–Trinajstić information content (AvgIpc) is 3.34. The van der Waals surface area contributed by atoms with Crippen molar-refractivity contribution in [2.45, 2.75) is 17.7 Å². The number of aryl methyl sites for hydroxylation is 1. The molecule has 2 amide bonds. The van der Waals surface area contributed by atoms with Crippen molar-refractivity contribution in [3.05, 3.63) is 97.8 Å². The summed E-state index contributed by atoms with van der Waals surface area (Å²) in [4.78, 5) is 41.1. The van der Waals surface area contributed by atoms with E-state index in [-0.39, 0.29) is 46.3 Å². The third-order valence-electron chi connectivity index (χ3n) is 5.96. The number of hydrogen-bond donors (Lipinski definition) is 0. The van der Waals surface area contributed by atoms with Gasteiger partial charge in [-0.1, -0.05) is 47.5 Å². The number of carbonyl (C=O) groups is 2. The summed E-state index contributed by atoms with van der Waals surface area (Å²) in [5.74, 6) is -0.816. The van der Waals surface area contributed by atoms with Crippen molar-refractivity contribution in [1.82, 2.24) is 13.9 Å². The minimum Gasteiger partial charge on any atom is -0.274 e. The molecule has 0 N–H and O–H groups in total. The molecule has 0 unspecified atom stereocenters. The Kier molecular flexibility index (Phi) is 6.22. The van der Waals surface area contributed by atoms with E-state index in [0.717, 1.165) is 21.0 Å². The fourth-order valence-corrected chi connectivity index (χ4v) is 6.27. The van der Waals surface area contributed by atoms with E-state index in [1.807, 2.05) is 0 Å². The lowest BCUT2D eigenvalue weighted by Crippen LogP contribution is -2.31. The van der Waals surface area contributed by atoms with Gasteiger partial charge >= 0.3 is 0 Å². The van der Waals surface area contributed by atoms with E-state index in [1.54, 1.807) is 24.3 Å². The van der Waals surface area contributed by atoms with E-state index >= 15 is 0 Å². The maximum absolute atomic E-state index is 13.7. The fraction of sp³-hybridized carbons (Fsp3) is 0.125. The third kappa shape index (κ3) is 4.14. The van der Waals surface area contributed by atoms with Gasteiger partial charge in [0.25, 0.3) is 27.5 Å². The van der Waals surface area contributed by atoms with E-state index in [1.165, 1.54) is 24.3 Å². The van der Waals surface area contributed by atoms with Crippen LogP contribution in [-0.2, 0) is 16.4 Å². The lowest BCUT2D eigenvalue weighted by atomic mass is 10.1. The Morgan fingerprint density at radius 2 is 1.51 bits per heavy atom. The number of nitro benzene ring substituents is 1. The molecule has 2 heterocycles. The van der Waals surface area contributed by atoms with E-state index in [9.17, 15) is 28.1 Å². The monoisotopic (exact) mass is 558 g/mol. The molecular weight excluding hydrogens is 543 g/mol. The molecule has 1 aliphatic heterocycles. The minimum atomic E-state index is -4.51. The van der Waals surface area contributed by atoms with E-state index in [2.05, 4.69) is 4.98 Å². The number of fused-ring (bicyclic) bond motifs is 2. The van der Waals surface area contributed by atoms with Crippen LogP contribution in [0.15, 0.2) is 65.6 Å². The van der Waals surface area contributed by atoms with E-state index in [4.69, 9.17) is 23.2 Å². The van der Waals surface area contributed by atoms with Gasteiger partial charge in [0.2, 0.25) is 0 Å². The summed E-state index contributed by atoms with van der Waals surface area (Å²) in [7, 11) is -4.51. The molecule has 0 atom stereocenters. The first-order chi connectivity index (χ1) is 17.6. The van der Waals surface area contributed by atoms with Gasteiger partial charge in [-0.25, -0.2) is 17.4 Å². The van der Waals surface area contributed by atoms with Crippen LogP contribution >= 0.6 is 23.2 Å². The van der Waals surface area contributed by atoms with Crippen molar-refractivity contribution in [2.24, 2.45) is 0 Å². The van der Waals surface area contributed by atoms with Gasteiger partial charge in [-0.15, -0.1) is 0 Å². The highest BCUT2D eigenvalue weighted by atomic mass is 35.5. The number of nitro groups is 1. The maximum atomic E-state index is 13.7. The Hall–Kier alpha value is -3.80. The topological polar surface area (TPSA) is 132 Å². The SMILES string of the molecule is O=C1c2ccccc2C(=O)N1CCCc1nc2cc(Cl)c(Cl)cc2n1S(=O)(=O)c1ccccc1[N+](=O)[O-]. The van der Waals surface area contributed by atoms with Gasteiger partial charge in [-0.2, -0.15) is 0 Å². The standard InChI is InChI=1S/C24H16Cl2N4O6S/c25-16-12-18-20(13-17(16)26)29(37(35,36)21-9-4-3-8-19(21)30(33)34)22(27-18)10-5-11-28-23(31)14-6-1-2-7-15(14)24(28)32/h1-4,6-9,12-13H,5,10-11H2. The van der Waals surface area contributed by atoms with Gasteiger partial charge in [-0.05, 0) is 36.8 Å². The van der Waals surface area contributed by atoms with Crippen LogP contribution in [0.1, 0.15) is 33.0 Å². The van der Waals surface area contributed by atoms with Crippen molar-refractivity contribution in [2.75, 3.05) is 6.54 Å². The Morgan fingerprint density at radius 3 is 2.16 bits per heavy atom. The second-order valence-corrected chi connectivity index (χ2v) is 10.8. The molecule has 0 saturated carbocycles. The summed E-state index contributed by atoms with van der Waals surface area (Å²) in [6, 6.07) is 14.2. The number of benzene rings is 3. The highest BCUT2D eigenvalue weighted by Crippen LogP contribution is 2.33. The van der Waals surface area contributed by atoms with Gasteiger partial charge in [0.05, 0.1) is 37.1 Å². The number of hydrogen-bond acceptors (Lipinski definition) is 7. The Balaban J connectivity index is 1.53. The predicted molar refractivity (Wildman–Crippen MR) is 136 cm³/mol. The van der Waals surface area contributed by atoms with Crippen molar-refractivity contribution in [1.29, 1.82) is 0 Å². The Labute approximate surface area is 220 Å². The number of halogens is 2. The Morgan fingerprint density at radius 1 is 0.919 bits per heavy atom. The van der Waals surface area contributed by atoms with Crippen LogP contribution in [0, 0.1) is 10.1 Å². The molecular formula is C24H16Cl2N4O6S. The maximum Gasteiger partial charge on any atom is 0.289 e. The number of rotatable bonds is 7. The number of imide groups is 1. The summed E-state index contributed by atoms with van der Waals surface area (Å²) in [6.45, 7) is 0.0165. The fourth-order valence-electron chi connectivity index (χ4n) is 4.29. The molecule has 0 bridgehead atoms. The molecule has 188 valence electrons. The molecule has 0 radical (unpaired) electrons. The molecule has 0 aliphatic carbocycles. The highest BCUT2D eigenvalue weighted by Gasteiger charge is 2.35. The zero-order valence-corrected chi connectivity index (χ0v) is 21.1. The molecule has 0 spiro atoms. The van der Waals surface area contributed by atoms with Gasteiger partial charge < -0.3 is 0 Å². The van der Waals surface area contributed by atoms with Crippen LogP contribution in [0.3, 0.4) is 0 Å². The van der Waals surface area contributed by atoms with Crippen molar-refractivity contribution in [3.8, 4) is 0 Å². The molecule has 0 fully saturated rings. The second-order valence-electron chi connectivity index (χ2n) is 8.19. The first-order valence-electron chi connectivity index (χ1n) is 10.9. The van der Waals surface area contributed by atoms with Gasteiger partial charge in [0.15, 0.2) is 4.90 Å². The lowest BCUT2D eigenvalue weighted by Gasteiger charge is -2.14. The highest BCUT2D eigenvalue weighted by molar-refractivity contribution is 7.90. The smallest absolute Gasteiger partial charge is 0.274 e. The summed E-state index contributed by atoms with van der Waals surface area (Å²) in [5.41, 5.74) is 0.322. The van der Waals surface area contributed by atoms with Gasteiger partial charge in [-0.3, -0.25) is 24.6 Å². The summed E-state index contributed by atoms with van der Waals surface area (Å²) in [6.07, 6.45) is 0.208. The number of nitrogens with zero attached hydrogens (tertiary/aromatic N) is 4. The zero-order chi connectivity index (χ0) is 26.5.